The Labute approximate surface area is 97.6 Å². The molecule has 90 valence electrons. The van der Waals surface area contributed by atoms with Gasteiger partial charge in [-0.3, -0.25) is 0 Å². The largest absolute Gasteiger partial charge is 0.361 e. The van der Waals surface area contributed by atoms with Gasteiger partial charge in [-0.1, -0.05) is 24.9 Å². The van der Waals surface area contributed by atoms with E-state index in [4.69, 9.17) is 4.52 Å². The third-order valence-corrected chi connectivity index (χ3v) is 3.83. The van der Waals surface area contributed by atoms with Gasteiger partial charge in [0.15, 0.2) is 0 Å². The molecule has 1 aromatic rings. The highest BCUT2D eigenvalue weighted by Crippen LogP contribution is 2.24. The number of aromatic nitrogens is 1. The van der Waals surface area contributed by atoms with Crippen LogP contribution in [0.5, 0.6) is 0 Å². The van der Waals surface area contributed by atoms with Crippen LogP contribution in [0.3, 0.4) is 0 Å². The van der Waals surface area contributed by atoms with E-state index in [-0.39, 0.29) is 0 Å². The van der Waals surface area contributed by atoms with E-state index in [1.807, 2.05) is 13.8 Å². The Hall–Kier alpha value is -0.830. The summed E-state index contributed by atoms with van der Waals surface area (Å²) in [5.74, 6) is 1.75. The molecule has 1 fully saturated rings. The summed E-state index contributed by atoms with van der Waals surface area (Å²) in [6.45, 7) is 7.25. The van der Waals surface area contributed by atoms with Crippen molar-refractivity contribution < 1.29 is 4.52 Å². The van der Waals surface area contributed by atoms with Crippen molar-refractivity contribution in [3.63, 3.8) is 0 Å². The summed E-state index contributed by atoms with van der Waals surface area (Å²) >= 11 is 0. The monoisotopic (exact) mass is 222 g/mol. The molecule has 3 heteroatoms. The SMILES string of the molecule is Cc1noc(C)c1CNC1CCCCC1C. The quantitative estimate of drug-likeness (QED) is 0.854. The molecule has 1 heterocycles. The molecule has 0 bridgehead atoms. The van der Waals surface area contributed by atoms with Gasteiger partial charge in [-0.25, -0.2) is 0 Å². The van der Waals surface area contributed by atoms with E-state index >= 15 is 0 Å². The van der Waals surface area contributed by atoms with E-state index in [2.05, 4.69) is 17.4 Å². The predicted octanol–water partition coefficient (Wildman–Crippen LogP) is 2.96. The topological polar surface area (TPSA) is 38.1 Å². The van der Waals surface area contributed by atoms with Crippen molar-refractivity contribution in [3.05, 3.63) is 17.0 Å². The second-order valence-electron chi connectivity index (χ2n) is 5.05. The molecule has 0 spiro atoms. The molecule has 0 saturated heterocycles. The summed E-state index contributed by atoms with van der Waals surface area (Å²) in [4.78, 5) is 0. The highest BCUT2D eigenvalue weighted by Gasteiger charge is 2.21. The van der Waals surface area contributed by atoms with Gasteiger partial charge < -0.3 is 9.84 Å². The molecule has 0 amide bonds. The lowest BCUT2D eigenvalue weighted by molar-refractivity contribution is 0.279. The van der Waals surface area contributed by atoms with Gasteiger partial charge in [-0.15, -0.1) is 0 Å². The van der Waals surface area contributed by atoms with E-state index in [0.717, 1.165) is 23.9 Å². The lowest BCUT2D eigenvalue weighted by Crippen LogP contribution is -2.36. The fourth-order valence-electron chi connectivity index (χ4n) is 2.61. The molecule has 1 aliphatic carbocycles. The van der Waals surface area contributed by atoms with E-state index in [0.29, 0.717) is 6.04 Å². The first-order valence-electron chi connectivity index (χ1n) is 6.33. The van der Waals surface area contributed by atoms with Crippen LogP contribution in [0.2, 0.25) is 0 Å². The van der Waals surface area contributed by atoms with Crippen LogP contribution in [-0.4, -0.2) is 11.2 Å². The summed E-state index contributed by atoms with van der Waals surface area (Å²) in [6.07, 6.45) is 5.43. The molecular formula is C13H22N2O. The normalized spacial score (nSPS) is 25.9. The molecule has 3 nitrogen and oxygen atoms in total. The van der Waals surface area contributed by atoms with Gasteiger partial charge in [-0.05, 0) is 32.6 Å². The van der Waals surface area contributed by atoms with Crippen LogP contribution in [0.4, 0.5) is 0 Å². The molecule has 2 rings (SSSR count). The Kier molecular flexibility index (Phi) is 3.64. The molecule has 2 unspecified atom stereocenters. The fraction of sp³-hybridized carbons (Fsp3) is 0.769. The average molecular weight is 222 g/mol. The second kappa shape index (κ2) is 5.00. The van der Waals surface area contributed by atoms with Crippen LogP contribution in [0.15, 0.2) is 4.52 Å². The maximum atomic E-state index is 5.17. The van der Waals surface area contributed by atoms with Crippen molar-refractivity contribution in [2.24, 2.45) is 5.92 Å². The van der Waals surface area contributed by atoms with Gasteiger partial charge in [0, 0.05) is 18.2 Å². The first-order chi connectivity index (χ1) is 7.68. The maximum absolute atomic E-state index is 5.17. The van der Waals surface area contributed by atoms with Gasteiger partial charge in [-0.2, -0.15) is 0 Å². The fourth-order valence-corrected chi connectivity index (χ4v) is 2.61. The average Bonchev–Trinajstić information content (AvgIpc) is 2.58. The number of aryl methyl sites for hydroxylation is 2. The van der Waals surface area contributed by atoms with Crippen molar-refractivity contribution in [1.29, 1.82) is 0 Å². The highest BCUT2D eigenvalue weighted by atomic mass is 16.5. The summed E-state index contributed by atoms with van der Waals surface area (Å²) < 4.78 is 5.17. The summed E-state index contributed by atoms with van der Waals surface area (Å²) in [5, 5.41) is 7.64. The molecule has 0 radical (unpaired) electrons. The predicted molar refractivity (Wildman–Crippen MR) is 64.2 cm³/mol. The highest BCUT2D eigenvalue weighted by molar-refractivity contribution is 5.20. The van der Waals surface area contributed by atoms with E-state index in [9.17, 15) is 0 Å². The van der Waals surface area contributed by atoms with E-state index in [1.165, 1.54) is 31.2 Å². The van der Waals surface area contributed by atoms with Crippen molar-refractivity contribution in [2.75, 3.05) is 0 Å². The minimum atomic E-state index is 0.669. The van der Waals surface area contributed by atoms with Crippen molar-refractivity contribution in [3.8, 4) is 0 Å². The molecule has 16 heavy (non-hydrogen) atoms. The number of rotatable bonds is 3. The number of nitrogens with one attached hydrogen (secondary N) is 1. The summed E-state index contributed by atoms with van der Waals surface area (Å²) in [7, 11) is 0. The third-order valence-electron chi connectivity index (χ3n) is 3.83. The van der Waals surface area contributed by atoms with Gasteiger partial charge in [0.2, 0.25) is 0 Å². The Bertz CT molecular complexity index is 326. The van der Waals surface area contributed by atoms with Gasteiger partial charge in [0.05, 0.1) is 5.69 Å². The number of hydrogen-bond acceptors (Lipinski definition) is 3. The van der Waals surface area contributed by atoms with E-state index < -0.39 is 0 Å². The van der Waals surface area contributed by atoms with Crippen molar-refractivity contribution in [1.82, 2.24) is 10.5 Å². The van der Waals surface area contributed by atoms with Crippen LogP contribution < -0.4 is 5.32 Å². The molecule has 1 N–H and O–H groups in total. The van der Waals surface area contributed by atoms with Crippen molar-refractivity contribution >= 4 is 0 Å². The minimum Gasteiger partial charge on any atom is -0.361 e. The van der Waals surface area contributed by atoms with E-state index in [1.54, 1.807) is 0 Å². The van der Waals surface area contributed by atoms with Crippen LogP contribution >= 0.6 is 0 Å². The zero-order valence-corrected chi connectivity index (χ0v) is 10.5. The molecule has 1 aliphatic rings. The van der Waals surface area contributed by atoms with Gasteiger partial charge in [0.1, 0.15) is 5.76 Å². The van der Waals surface area contributed by atoms with Crippen molar-refractivity contribution in [2.45, 2.75) is 59.0 Å². The second-order valence-corrected chi connectivity index (χ2v) is 5.05. The Morgan fingerprint density at radius 1 is 1.31 bits per heavy atom. The lowest BCUT2D eigenvalue weighted by Gasteiger charge is -2.29. The smallest absolute Gasteiger partial charge is 0.138 e. The standard InChI is InChI=1S/C13H22N2O/c1-9-6-4-5-7-13(9)14-8-12-10(2)15-16-11(12)3/h9,13-14H,4-8H2,1-3H3. The van der Waals surface area contributed by atoms with Crippen LogP contribution in [-0.2, 0) is 6.54 Å². The first-order valence-corrected chi connectivity index (χ1v) is 6.33. The zero-order valence-electron chi connectivity index (χ0n) is 10.5. The molecule has 0 aliphatic heterocycles. The zero-order chi connectivity index (χ0) is 11.5. The van der Waals surface area contributed by atoms with Crippen LogP contribution in [0, 0.1) is 19.8 Å². The van der Waals surface area contributed by atoms with Gasteiger partial charge >= 0.3 is 0 Å². The summed E-state index contributed by atoms with van der Waals surface area (Å²) in [5.41, 5.74) is 2.26. The van der Waals surface area contributed by atoms with Gasteiger partial charge in [0.25, 0.3) is 0 Å². The molecule has 1 aromatic heterocycles. The Balaban J connectivity index is 1.91. The minimum absolute atomic E-state index is 0.669. The molecule has 2 atom stereocenters. The molecular weight excluding hydrogens is 200 g/mol. The van der Waals surface area contributed by atoms with Crippen LogP contribution in [0.1, 0.15) is 49.6 Å². The molecule has 0 aromatic carbocycles. The maximum Gasteiger partial charge on any atom is 0.138 e. The number of nitrogens with zero attached hydrogens (tertiary/aromatic N) is 1. The van der Waals surface area contributed by atoms with Crippen LogP contribution in [0.25, 0.3) is 0 Å². The molecule has 1 saturated carbocycles. The Morgan fingerprint density at radius 3 is 2.69 bits per heavy atom. The first kappa shape index (κ1) is 11.6. The summed E-state index contributed by atoms with van der Waals surface area (Å²) in [6, 6.07) is 0.669. The third kappa shape index (κ3) is 2.46. The number of hydrogen-bond donors (Lipinski definition) is 1. The lowest BCUT2D eigenvalue weighted by atomic mass is 9.86. The Morgan fingerprint density at radius 2 is 2.06 bits per heavy atom.